The third-order valence-electron chi connectivity index (χ3n) is 4.61. The van der Waals surface area contributed by atoms with Crippen LogP contribution in [-0.2, 0) is 11.5 Å². The fourth-order valence-electron chi connectivity index (χ4n) is 2.99. The molecule has 1 N–H and O–H groups in total. The molecule has 26 heavy (non-hydrogen) atoms. The Hall–Kier alpha value is -2.60. The normalized spacial score (nSPS) is 12.9. The highest BCUT2D eigenvalue weighted by molar-refractivity contribution is 7.98. The lowest BCUT2D eigenvalue weighted by Gasteiger charge is -2.12. The molecular weight excluding hydrogens is 349 g/mol. The molecule has 1 aromatic heterocycles. The van der Waals surface area contributed by atoms with Crippen molar-refractivity contribution in [2.45, 2.75) is 25.4 Å². The van der Waals surface area contributed by atoms with Crippen LogP contribution in [0.5, 0.6) is 0 Å². The summed E-state index contributed by atoms with van der Waals surface area (Å²) in [6.45, 7) is 4.11. The van der Waals surface area contributed by atoms with Gasteiger partial charge in [-0.15, -0.1) is 0 Å². The molecule has 3 aromatic rings. The molecule has 0 radical (unpaired) electrons. The number of amides is 1. The Morgan fingerprint density at radius 2 is 2.00 bits per heavy atom. The highest BCUT2D eigenvalue weighted by Gasteiger charge is 2.25. The van der Waals surface area contributed by atoms with E-state index in [0.717, 1.165) is 34.0 Å². The van der Waals surface area contributed by atoms with E-state index in [0.29, 0.717) is 5.82 Å². The number of carbonyl (C=O) groups is 1. The molecule has 0 atom stereocenters. The van der Waals surface area contributed by atoms with Crippen LogP contribution in [0.4, 0.5) is 10.2 Å². The number of thioether (sulfide) groups is 1. The van der Waals surface area contributed by atoms with Gasteiger partial charge in [-0.2, -0.15) is 16.9 Å². The summed E-state index contributed by atoms with van der Waals surface area (Å²) in [6.07, 6.45) is 0. The summed E-state index contributed by atoms with van der Waals surface area (Å²) < 4.78 is 15.2. The summed E-state index contributed by atoms with van der Waals surface area (Å²) in [6, 6.07) is 11.8. The minimum absolute atomic E-state index is 0.289. The van der Waals surface area contributed by atoms with Gasteiger partial charge in [0.15, 0.2) is 0 Å². The van der Waals surface area contributed by atoms with Crippen LogP contribution >= 0.6 is 11.8 Å². The number of benzene rings is 2. The predicted octanol–water partition coefficient (Wildman–Crippen LogP) is 4.63. The quantitative estimate of drug-likeness (QED) is 0.734. The Morgan fingerprint density at radius 1 is 1.15 bits per heavy atom. The van der Waals surface area contributed by atoms with Gasteiger partial charge in [-0.05, 0) is 55.3 Å². The lowest BCUT2D eigenvalue weighted by Crippen LogP contribution is -2.16. The summed E-state index contributed by atoms with van der Waals surface area (Å²) in [5, 5.41) is 7.65. The molecule has 0 aliphatic carbocycles. The molecule has 0 saturated carbocycles. The molecule has 1 aliphatic heterocycles. The summed E-state index contributed by atoms with van der Waals surface area (Å²) >= 11 is 1.77. The zero-order chi connectivity index (χ0) is 18.3. The SMILES string of the molecule is Cc1ccc(-n2nc3c(c2NC(=O)c2cccc(F)c2)CSC3)cc1C. The molecular formula is C20H18FN3OS. The summed E-state index contributed by atoms with van der Waals surface area (Å²) in [5.74, 6) is 1.53. The Bertz CT molecular complexity index is 1010. The van der Waals surface area contributed by atoms with Crippen molar-refractivity contribution in [1.82, 2.24) is 9.78 Å². The lowest BCUT2D eigenvalue weighted by molar-refractivity contribution is 0.102. The van der Waals surface area contributed by atoms with Crippen LogP contribution in [0.2, 0.25) is 0 Å². The molecule has 2 heterocycles. The van der Waals surface area contributed by atoms with E-state index in [2.05, 4.69) is 25.2 Å². The number of nitrogens with zero attached hydrogens (tertiary/aromatic N) is 2. The molecule has 2 aromatic carbocycles. The van der Waals surface area contributed by atoms with Crippen molar-refractivity contribution < 1.29 is 9.18 Å². The number of aromatic nitrogens is 2. The highest BCUT2D eigenvalue weighted by atomic mass is 32.2. The first-order valence-electron chi connectivity index (χ1n) is 8.36. The van der Waals surface area contributed by atoms with Crippen molar-refractivity contribution in [3.63, 3.8) is 0 Å². The summed E-state index contributed by atoms with van der Waals surface area (Å²) in [4.78, 5) is 12.6. The van der Waals surface area contributed by atoms with Gasteiger partial charge in [0.2, 0.25) is 0 Å². The number of nitrogens with one attached hydrogen (secondary N) is 1. The minimum atomic E-state index is -0.430. The topological polar surface area (TPSA) is 46.9 Å². The first kappa shape index (κ1) is 16.8. The maximum absolute atomic E-state index is 13.5. The zero-order valence-electron chi connectivity index (χ0n) is 14.5. The van der Waals surface area contributed by atoms with Gasteiger partial charge in [0, 0.05) is 22.6 Å². The molecule has 0 spiro atoms. The number of anilines is 1. The molecule has 132 valence electrons. The lowest BCUT2D eigenvalue weighted by atomic mass is 10.1. The molecule has 0 saturated heterocycles. The van der Waals surface area contributed by atoms with E-state index in [1.165, 1.54) is 23.8 Å². The fourth-order valence-corrected chi connectivity index (χ4v) is 4.03. The molecule has 6 heteroatoms. The van der Waals surface area contributed by atoms with Gasteiger partial charge < -0.3 is 5.32 Å². The van der Waals surface area contributed by atoms with Crippen molar-refractivity contribution in [3.8, 4) is 5.69 Å². The van der Waals surface area contributed by atoms with Crippen LogP contribution < -0.4 is 5.32 Å². The number of rotatable bonds is 3. The van der Waals surface area contributed by atoms with E-state index < -0.39 is 5.82 Å². The molecule has 0 fully saturated rings. The van der Waals surface area contributed by atoms with E-state index in [1.807, 2.05) is 12.1 Å². The number of hydrogen-bond donors (Lipinski definition) is 1. The van der Waals surface area contributed by atoms with Crippen molar-refractivity contribution in [3.05, 3.63) is 76.2 Å². The van der Waals surface area contributed by atoms with Gasteiger partial charge >= 0.3 is 0 Å². The van der Waals surface area contributed by atoms with E-state index >= 15 is 0 Å². The third kappa shape index (κ3) is 3.01. The zero-order valence-corrected chi connectivity index (χ0v) is 15.4. The highest BCUT2D eigenvalue weighted by Crippen LogP contribution is 2.36. The van der Waals surface area contributed by atoms with E-state index in [9.17, 15) is 9.18 Å². The van der Waals surface area contributed by atoms with Crippen molar-refractivity contribution in [1.29, 1.82) is 0 Å². The maximum Gasteiger partial charge on any atom is 0.256 e. The average Bonchev–Trinajstić information content (AvgIpc) is 3.20. The van der Waals surface area contributed by atoms with E-state index in [1.54, 1.807) is 22.5 Å². The minimum Gasteiger partial charge on any atom is -0.306 e. The van der Waals surface area contributed by atoms with Crippen LogP contribution in [0.1, 0.15) is 32.7 Å². The summed E-state index contributed by atoms with van der Waals surface area (Å²) in [5.41, 5.74) is 5.59. The molecule has 1 aliphatic rings. The summed E-state index contributed by atoms with van der Waals surface area (Å²) in [7, 11) is 0. The second kappa shape index (κ2) is 6.61. The Morgan fingerprint density at radius 3 is 2.77 bits per heavy atom. The second-order valence-corrected chi connectivity index (χ2v) is 7.40. The van der Waals surface area contributed by atoms with Crippen LogP contribution in [0.15, 0.2) is 42.5 Å². The van der Waals surface area contributed by atoms with Gasteiger partial charge in [-0.25, -0.2) is 9.07 Å². The largest absolute Gasteiger partial charge is 0.306 e. The van der Waals surface area contributed by atoms with Crippen molar-refractivity contribution >= 4 is 23.5 Å². The van der Waals surface area contributed by atoms with Crippen LogP contribution in [0.3, 0.4) is 0 Å². The van der Waals surface area contributed by atoms with Crippen LogP contribution in [0, 0.1) is 19.7 Å². The third-order valence-corrected chi connectivity index (χ3v) is 5.58. The molecule has 4 nitrogen and oxygen atoms in total. The standard InChI is InChI=1S/C20H18FN3OS/c1-12-6-7-16(8-13(12)2)24-19(17-10-26-11-18(17)23-24)22-20(25)14-4-3-5-15(21)9-14/h3-9H,10-11H2,1-2H3,(H,22,25). The van der Waals surface area contributed by atoms with E-state index in [4.69, 9.17) is 5.10 Å². The molecule has 0 bridgehead atoms. The van der Waals surface area contributed by atoms with Gasteiger partial charge in [-0.1, -0.05) is 12.1 Å². The second-order valence-electron chi connectivity index (χ2n) is 6.41. The molecule has 1 amide bonds. The van der Waals surface area contributed by atoms with Crippen LogP contribution in [-0.4, -0.2) is 15.7 Å². The first-order chi connectivity index (χ1) is 12.5. The average molecular weight is 367 g/mol. The maximum atomic E-state index is 13.5. The van der Waals surface area contributed by atoms with Gasteiger partial charge in [0.05, 0.1) is 11.4 Å². The Labute approximate surface area is 155 Å². The number of fused-ring (bicyclic) bond motifs is 1. The first-order valence-corrected chi connectivity index (χ1v) is 9.51. The van der Waals surface area contributed by atoms with Crippen LogP contribution in [0.25, 0.3) is 5.69 Å². The Balaban J connectivity index is 1.75. The Kier molecular flexibility index (Phi) is 4.28. The van der Waals surface area contributed by atoms with Crippen molar-refractivity contribution in [2.75, 3.05) is 5.32 Å². The smallest absolute Gasteiger partial charge is 0.256 e. The monoisotopic (exact) mass is 367 g/mol. The molecule has 4 rings (SSSR count). The molecule has 0 unspecified atom stereocenters. The predicted molar refractivity (Wildman–Crippen MR) is 102 cm³/mol. The number of hydrogen-bond acceptors (Lipinski definition) is 3. The van der Waals surface area contributed by atoms with E-state index in [-0.39, 0.29) is 11.5 Å². The van der Waals surface area contributed by atoms with Gasteiger partial charge in [-0.3, -0.25) is 4.79 Å². The van der Waals surface area contributed by atoms with Crippen molar-refractivity contribution in [2.24, 2.45) is 0 Å². The number of carbonyl (C=O) groups excluding carboxylic acids is 1. The number of halogens is 1. The fraction of sp³-hybridized carbons (Fsp3) is 0.200. The number of aryl methyl sites for hydroxylation is 2. The van der Waals surface area contributed by atoms with Gasteiger partial charge in [0.1, 0.15) is 11.6 Å². The van der Waals surface area contributed by atoms with Gasteiger partial charge in [0.25, 0.3) is 5.91 Å².